The number of halogens is 1. The van der Waals surface area contributed by atoms with Gasteiger partial charge in [0.2, 0.25) is 9.84 Å². The van der Waals surface area contributed by atoms with Gasteiger partial charge in [-0.05, 0) is 92.4 Å². The third kappa shape index (κ3) is 6.22. The van der Waals surface area contributed by atoms with Crippen molar-refractivity contribution in [2.75, 3.05) is 13.7 Å². The zero-order valence-corrected chi connectivity index (χ0v) is 22.1. The molecule has 7 nitrogen and oxygen atoms in total. The van der Waals surface area contributed by atoms with E-state index in [2.05, 4.69) is 0 Å². The van der Waals surface area contributed by atoms with Gasteiger partial charge in [-0.15, -0.1) is 0 Å². The van der Waals surface area contributed by atoms with Crippen LogP contribution in [0.4, 0.5) is 9.18 Å². The predicted octanol–water partition coefficient (Wildman–Crippen LogP) is 5.54. The van der Waals surface area contributed by atoms with Crippen molar-refractivity contribution in [3.8, 4) is 11.5 Å². The van der Waals surface area contributed by atoms with Crippen molar-refractivity contribution in [3.05, 3.63) is 83.2 Å². The van der Waals surface area contributed by atoms with Gasteiger partial charge in [0.25, 0.3) is 0 Å². The number of rotatable bonds is 6. The number of carbonyl (C=O) groups excluding carboxylic acids is 1. The van der Waals surface area contributed by atoms with E-state index in [1.807, 2.05) is 0 Å². The Morgan fingerprint density at radius 3 is 2.41 bits per heavy atom. The summed E-state index contributed by atoms with van der Waals surface area (Å²) in [5, 5.41) is 0. The highest BCUT2D eigenvalue weighted by molar-refractivity contribution is 7.91. The van der Waals surface area contributed by atoms with Crippen LogP contribution in [0.25, 0.3) is 0 Å². The van der Waals surface area contributed by atoms with Crippen molar-refractivity contribution < 1.29 is 31.8 Å². The Balaban J connectivity index is 1.56. The van der Waals surface area contributed by atoms with E-state index in [0.29, 0.717) is 24.3 Å². The fourth-order valence-corrected chi connectivity index (χ4v) is 5.50. The third-order valence-electron chi connectivity index (χ3n) is 5.87. The summed E-state index contributed by atoms with van der Waals surface area (Å²) in [6.07, 6.45) is 0.120. The zero-order chi connectivity index (χ0) is 26.8. The molecule has 1 amide bonds. The lowest BCUT2D eigenvalue weighted by Gasteiger charge is -2.31. The summed E-state index contributed by atoms with van der Waals surface area (Å²) in [5.74, 6) is 0.347. The molecule has 1 heterocycles. The molecule has 196 valence electrons. The molecule has 0 radical (unpaired) electrons. The Kier molecular flexibility index (Phi) is 7.45. The minimum atomic E-state index is -3.94. The summed E-state index contributed by atoms with van der Waals surface area (Å²) in [5.41, 5.74) is 1.69. The predicted molar refractivity (Wildman–Crippen MR) is 136 cm³/mol. The molecule has 0 fully saturated rings. The molecule has 0 saturated heterocycles. The van der Waals surface area contributed by atoms with Crippen molar-refractivity contribution in [2.45, 2.75) is 55.7 Å². The lowest BCUT2D eigenvalue weighted by atomic mass is 9.99. The number of methoxy groups -OCH3 is 1. The normalized spacial score (nSPS) is 13.6. The van der Waals surface area contributed by atoms with Crippen LogP contribution < -0.4 is 9.47 Å². The second kappa shape index (κ2) is 10.4. The number of nitrogens with zero attached hydrogens (tertiary/aromatic N) is 1. The molecule has 0 bridgehead atoms. The van der Waals surface area contributed by atoms with Crippen molar-refractivity contribution in [1.82, 2.24) is 4.90 Å². The average molecular weight is 528 g/mol. The highest BCUT2D eigenvalue weighted by Gasteiger charge is 2.29. The molecule has 37 heavy (non-hydrogen) atoms. The smallest absolute Gasteiger partial charge is 0.410 e. The highest BCUT2D eigenvalue weighted by atomic mass is 32.2. The Morgan fingerprint density at radius 1 is 1.03 bits per heavy atom. The summed E-state index contributed by atoms with van der Waals surface area (Å²) >= 11 is 0. The fourth-order valence-electron chi connectivity index (χ4n) is 4.05. The van der Waals surface area contributed by atoms with E-state index in [1.54, 1.807) is 62.1 Å². The molecule has 0 spiro atoms. The van der Waals surface area contributed by atoms with Crippen LogP contribution in [0.2, 0.25) is 0 Å². The molecule has 0 N–H and O–H groups in total. The van der Waals surface area contributed by atoms with Crippen LogP contribution in [0.1, 0.15) is 37.5 Å². The standard InChI is InChI=1S/C28H30FNO6S/c1-28(2,3)36-27(31)30-13-12-20-15-25(34-4)26(16-21(20)17-30)37(32,33)24-10-8-23(9-11-24)35-18-19-6-5-7-22(29)14-19/h5-11,14-16H,12-13,17-18H2,1-4H3. The number of hydrogen-bond donors (Lipinski definition) is 0. The first-order chi connectivity index (χ1) is 17.5. The van der Waals surface area contributed by atoms with Gasteiger partial charge in [0.05, 0.1) is 12.0 Å². The molecule has 0 unspecified atom stereocenters. The molecular formula is C28H30FNO6S. The largest absolute Gasteiger partial charge is 0.495 e. The van der Waals surface area contributed by atoms with Crippen molar-refractivity contribution in [2.24, 2.45) is 0 Å². The number of amides is 1. The molecule has 9 heteroatoms. The van der Waals surface area contributed by atoms with Gasteiger partial charge in [-0.3, -0.25) is 0 Å². The number of fused-ring (bicyclic) bond motifs is 1. The Hall–Kier alpha value is -3.59. The molecule has 1 aliphatic heterocycles. The number of ether oxygens (including phenoxy) is 3. The third-order valence-corrected chi connectivity index (χ3v) is 7.66. The maximum Gasteiger partial charge on any atom is 0.410 e. The van der Waals surface area contributed by atoms with E-state index in [4.69, 9.17) is 14.2 Å². The maximum absolute atomic E-state index is 13.6. The second-order valence-electron chi connectivity index (χ2n) is 9.82. The zero-order valence-electron chi connectivity index (χ0n) is 21.3. The second-order valence-corrected chi connectivity index (χ2v) is 11.7. The average Bonchev–Trinajstić information content (AvgIpc) is 2.85. The maximum atomic E-state index is 13.6. The Bertz CT molecular complexity index is 1400. The summed E-state index contributed by atoms with van der Waals surface area (Å²) in [6, 6.07) is 15.4. The highest BCUT2D eigenvalue weighted by Crippen LogP contribution is 2.35. The van der Waals surface area contributed by atoms with E-state index in [-0.39, 0.29) is 34.5 Å². The topological polar surface area (TPSA) is 82.1 Å². The lowest BCUT2D eigenvalue weighted by molar-refractivity contribution is 0.0224. The summed E-state index contributed by atoms with van der Waals surface area (Å²) in [6.45, 7) is 6.26. The van der Waals surface area contributed by atoms with Crippen LogP contribution in [0, 0.1) is 5.82 Å². The van der Waals surface area contributed by atoms with Gasteiger partial charge in [-0.1, -0.05) is 12.1 Å². The van der Waals surface area contributed by atoms with E-state index < -0.39 is 21.5 Å². The number of hydrogen-bond acceptors (Lipinski definition) is 6. The molecular weight excluding hydrogens is 497 g/mol. The Labute approximate surface area is 216 Å². The molecule has 3 aromatic rings. The van der Waals surface area contributed by atoms with Gasteiger partial charge < -0.3 is 19.1 Å². The summed E-state index contributed by atoms with van der Waals surface area (Å²) < 4.78 is 57.1. The molecule has 4 rings (SSSR count). The van der Waals surface area contributed by atoms with E-state index in [0.717, 1.165) is 11.1 Å². The first kappa shape index (κ1) is 26.5. The van der Waals surface area contributed by atoms with Crippen LogP contribution >= 0.6 is 0 Å². The van der Waals surface area contributed by atoms with Gasteiger partial charge >= 0.3 is 6.09 Å². The lowest BCUT2D eigenvalue weighted by Crippen LogP contribution is -2.40. The van der Waals surface area contributed by atoms with Crippen LogP contribution in [0.5, 0.6) is 11.5 Å². The first-order valence-electron chi connectivity index (χ1n) is 11.9. The number of sulfone groups is 1. The Morgan fingerprint density at radius 2 is 1.76 bits per heavy atom. The number of benzene rings is 3. The molecule has 1 aliphatic rings. The first-order valence-corrected chi connectivity index (χ1v) is 13.3. The minimum absolute atomic E-state index is 0.0215. The number of carbonyl (C=O) groups is 1. The molecule has 0 atom stereocenters. The van der Waals surface area contributed by atoms with Gasteiger partial charge in [0.15, 0.2) is 0 Å². The van der Waals surface area contributed by atoms with Gasteiger partial charge in [0.1, 0.15) is 34.4 Å². The van der Waals surface area contributed by atoms with Crippen molar-refractivity contribution in [3.63, 3.8) is 0 Å². The van der Waals surface area contributed by atoms with Crippen molar-refractivity contribution in [1.29, 1.82) is 0 Å². The summed E-state index contributed by atoms with van der Waals surface area (Å²) in [4.78, 5) is 14.2. The van der Waals surface area contributed by atoms with Crippen LogP contribution in [-0.4, -0.2) is 38.7 Å². The quantitative estimate of drug-likeness (QED) is 0.419. The van der Waals surface area contributed by atoms with Gasteiger partial charge in [-0.25, -0.2) is 17.6 Å². The molecule has 0 aliphatic carbocycles. The SMILES string of the molecule is COc1cc2c(cc1S(=O)(=O)c1ccc(OCc3cccc(F)c3)cc1)CN(C(=O)OC(C)(C)C)CC2. The summed E-state index contributed by atoms with van der Waals surface area (Å²) in [7, 11) is -2.51. The molecule has 0 aromatic heterocycles. The van der Waals surface area contributed by atoms with E-state index in [1.165, 1.54) is 31.4 Å². The molecule has 0 saturated carbocycles. The van der Waals surface area contributed by atoms with Crippen molar-refractivity contribution >= 4 is 15.9 Å². The fraction of sp³-hybridized carbons (Fsp3) is 0.321. The van der Waals surface area contributed by atoms with Crippen LogP contribution in [0.3, 0.4) is 0 Å². The van der Waals surface area contributed by atoms with Gasteiger partial charge in [-0.2, -0.15) is 0 Å². The monoisotopic (exact) mass is 527 g/mol. The van der Waals surface area contributed by atoms with E-state index in [9.17, 15) is 17.6 Å². The van der Waals surface area contributed by atoms with Crippen LogP contribution in [0.15, 0.2) is 70.5 Å². The van der Waals surface area contributed by atoms with Gasteiger partial charge in [0, 0.05) is 13.1 Å². The van der Waals surface area contributed by atoms with E-state index >= 15 is 0 Å². The minimum Gasteiger partial charge on any atom is -0.495 e. The molecule has 3 aromatic carbocycles. The van der Waals surface area contributed by atoms with Crippen LogP contribution in [-0.2, 0) is 34.1 Å².